The molecule has 0 aliphatic heterocycles. The molecule has 112 valence electrons. The first kappa shape index (κ1) is 13.7. The monoisotopic (exact) mass is 301 g/mol. The van der Waals surface area contributed by atoms with Crippen LogP contribution in [0.5, 0.6) is 0 Å². The van der Waals surface area contributed by atoms with Crippen molar-refractivity contribution >= 4 is 5.69 Å². The van der Waals surface area contributed by atoms with Crippen molar-refractivity contribution in [3.8, 4) is 11.1 Å². The number of nitrogens with zero attached hydrogens (tertiary/aromatic N) is 1. The standard InChI is InChI=1S/C20H15NO2/c1-20(18-12-6-7-13-19(18)21(22)23)16-10-4-2-8-14(16)15-9-3-5-11-17(15)20/h2-13H,1H3. The zero-order valence-corrected chi connectivity index (χ0v) is 12.7. The maximum Gasteiger partial charge on any atom is 0.273 e. The van der Waals surface area contributed by atoms with E-state index in [4.69, 9.17) is 0 Å². The van der Waals surface area contributed by atoms with Crippen molar-refractivity contribution in [1.29, 1.82) is 0 Å². The van der Waals surface area contributed by atoms with Crippen molar-refractivity contribution in [2.45, 2.75) is 12.3 Å². The van der Waals surface area contributed by atoms with Crippen LogP contribution in [0.2, 0.25) is 0 Å². The van der Waals surface area contributed by atoms with Crippen LogP contribution in [0.3, 0.4) is 0 Å². The van der Waals surface area contributed by atoms with Crippen LogP contribution in [-0.2, 0) is 5.41 Å². The van der Waals surface area contributed by atoms with Gasteiger partial charge in [-0.1, -0.05) is 66.7 Å². The predicted octanol–water partition coefficient (Wildman–Crippen LogP) is 4.93. The fourth-order valence-corrected chi connectivity index (χ4v) is 3.80. The first-order chi connectivity index (χ1) is 11.1. The minimum absolute atomic E-state index is 0.168. The summed E-state index contributed by atoms with van der Waals surface area (Å²) < 4.78 is 0. The van der Waals surface area contributed by atoms with E-state index >= 15 is 0 Å². The van der Waals surface area contributed by atoms with Crippen LogP contribution in [0.25, 0.3) is 11.1 Å². The molecule has 1 aliphatic carbocycles. The Morgan fingerprint density at radius 3 is 1.70 bits per heavy atom. The number of benzene rings is 3. The lowest BCUT2D eigenvalue weighted by atomic mass is 9.73. The highest BCUT2D eigenvalue weighted by Crippen LogP contribution is 2.53. The highest BCUT2D eigenvalue weighted by atomic mass is 16.6. The molecule has 3 aromatic carbocycles. The van der Waals surface area contributed by atoms with Gasteiger partial charge in [0.05, 0.1) is 10.3 Å². The SMILES string of the molecule is CC1(c2ccccc2[N+](=O)[O-])c2ccccc2-c2ccccc21. The summed E-state index contributed by atoms with van der Waals surface area (Å²) in [5, 5.41) is 11.6. The van der Waals surface area contributed by atoms with E-state index in [1.165, 1.54) is 0 Å². The second-order valence-corrected chi connectivity index (χ2v) is 5.99. The lowest BCUT2D eigenvalue weighted by Crippen LogP contribution is -2.23. The average Bonchev–Trinajstić information content (AvgIpc) is 2.86. The van der Waals surface area contributed by atoms with Gasteiger partial charge in [-0.15, -0.1) is 0 Å². The maximum absolute atomic E-state index is 11.6. The molecule has 0 saturated heterocycles. The molecule has 3 nitrogen and oxygen atoms in total. The largest absolute Gasteiger partial charge is 0.273 e. The van der Waals surface area contributed by atoms with Gasteiger partial charge in [0.1, 0.15) is 0 Å². The summed E-state index contributed by atoms with van der Waals surface area (Å²) >= 11 is 0. The highest BCUT2D eigenvalue weighted by Gasteiger charge is 2.43. The Morgan fingerprint density at radius 1 is 0.739 bits per heavy atom. The molecule has 3 heteroatoms. The second-order valence-electron chi connectivity index (χ2n) is 5.99. The molecule has 0 radical (unpaired) electrons. The molecule has 0 spiro atoms. The van der Waals surface area contributed by atoms with E-state index < -0.39 is 5.41 Å². The first-order valence-corrected chi connectivity index (χ1v) is 7.57. The lowest BCUT2D eigenvalue weighted by Gasteiger charge is -2.27. The third-order valence-corrected chi connectivity index (χ3v) is 4.86. The van der Waals surface area contributed by atoms with Crippen molar-refractivity contribution in [1.82, 2.24) is 0 Å². The summed E-state index contributed by atoms with van der Waals surface area (Å²) in [7, 11) is 0. The Morgan fingerprint density at radius 2 is 1.17 bits per heavy atom. The summed E-state index contributed by atoms with van der Waals surface area (Å²) in [6, 6.07) is 23.4. The molecule has 0 fully saturated rings. The minimum atomic E-state index is -0.517. The fraction of sp³-hybridized carbons (Fsp3) is 0.100. The van der Waals surface area contributed by atoms with Crippen LogP contribution in [0.4, 0.5) is 5.69 Å². The maximum atomic E-state index is 11.6. The molecule has 0 aromatic heterocycles. The number of nitro benzene ring substituents is 1. The van der Waals surface area contributed by atoms with Gasteiger partial charge < -0.3 is 0 Å². The van der Waals surface area contributed by atoms with Crippen LogP contribution in [0.15, 0.2) is 72.8 Å². The van der Waals surface area contributed by atoms with Crippen LogP contribution < -0.4 is 0 Å². The van der Waals surface area contributed by atoms with Crippen molar-refractivity contribution in [3.05, 3.63) is 99.6 Å². The number of nitro groups is 1. The zero-order chi connectivity index (χ0) is 16.0. The zero-order valence-electron chi connectivity index (χ0n) is 12.7. The van der Waals surface area contributed by atoms with Crippen LogP contribution in [0.1, 0.15) is 23.6 Å². The quantitative estimate of drug-likeness (QED) is 0.497. The van der Waals surface area contributed by atoms with E-state index in [0.717, 1.165) is 27.8 Å². The van der Waals surface area contributed by atoms with E-state index in [1.54, 1.807) is 12.1 Å². The highest BCUT2D eigenvalue weighted by molar-refractivity contribution is 5.83. The van der Waals surface area contributed by atoms with Crippen molar-refractivity contribution in [2.24, 2.45) is 0 Å². The molecule has 0 atom stereocenters. The predicted molar refractivity (Wildman–Crippen MR) is 90.5 cm³/mol. The van der Waals surface area contributed by atoms with E-state index in [0.29, 0.717) is 0 Å². The minimum Gasteiger partial charge on any atom is -0.258 e. The summed E-state index contributed by atoms with van der Waals surface area (Å²) in [6.07, 6.45) is 0. The molecule has 0 amide bonds. The molecule has 0 N–H and O–H groups in total. The third kappa shape index (κ3) is 1.77. The van der Waals surface area contributed by atoms with Crippen molar-refractivity contribution < 1.29 is 4.92 Å². The van der Waals surface area contributed by atoms with Gasteiger partial charge in [-0.2, -0.15) is 0 Å². The van der Waals surface area contributed by atoms with Crippen LogP contribution >= 0.6 is 0 Å². The molecule has 0 saturated carbocycles. The van der Waals surface area contributed by atoms with Gasteiger partial charge >= 0.3 is 0 Å². The Balaban J connectivity index is 2.11. The number of hydrogen-bond acceptors (Lipinski definition) is 2. The Labute approximate surface area is 134 Å². The third-order valence-electron chi connectivity index (χ3n) is 4.86. The number of hydrogen-bond donors (Lipinski definition) is 0. The summed E-state index contributed by atoms with van der Waals surface area (Å²) in [6.45, 7) is 2.08. The second kappa shape index (κ2) is 4.78. The number of fused-ring (bicyclic) bond motifs is 3. The van der Waals surface area contributed by atoms with E-state index in [1.807, 2.05) is 36.4 Å². The molecular formula is C20H15NO2. The van der Waals surface area contributed by atoms with Gasteiger partial charge in [0.2, 0.25) is 0 Å². The molecule has 23 heavy (non-hydrogen) atoms. The lowest BCUT2D eigenvalue weighted by molar-refractivity contribution is -0.385. The topological polar surface area (TPSA) is 43.1 Å². The van der Waals surface area contributed by atoms with E-state index in [2.05, 4.69) is 31.2 Å². The van der Waals surface area contributed by atoms with Crippen molar-refractivity contribution in [2.75, 3.05) is 0 Å². The smallest absolute Gasteiger partial charge is 0.258 e. The van der Waals surface area contributed by atoms with Gasteiger partial charge in [-0.3, -0.25) is 10.1 Å². The number of para-hydroxylation sites is 1. The van der Waals surface area contributed by atoms with Gasteiger partial charge in [0, 0.05) is 11.6 Å². The van der Waals surface area contributed by atoms with Gasteiger partial charge in [-0.25, -0.2) is 0 Å². The van der Waals surface area contributed by atoms with E-state index in [-0.39, 0.29) is 10.6 Å². The summed E-state index contributed by atoms with van der Waals surface area (Å²) in [5.74, 6) is 0. The van der Waals surface area contributed by atoms with Crippen LogP contribution in [0, 0.1) is 10.1 Å². The van der Waals surface area contributed by atoms with Gasteiger partial charge in [0.25, 0.3) is 5.69 Å². The molecular weight excluding hydrogens is 286 g/mol. The molecule has 0 heterocycles. The Hall–Kier alpha value is -2.94. The van der Waals surface area contributed by atoms with Gasteiger partial charge in [0.15, 0.2) is 0 Å². The molecule has 4 rings (SSSR count). The van der Waals surface area contributed by atoms with Crippen LogP contribution in [-0.4, -0.2) is 4.92 Å². The van der Waals surface area contributed by atoms with Gasteiger partial charge in [-0.05, 0) is 29.2 Å². The first-order valence-electron chi connectivity index (χ1n) is 7.57. The molecule has 0 bridgehead atoms. The fourth-order valence-electron chi connectivity index (χ4n) is 3.80. The van der Waals surface area contributed by atoms with Crippen molar-refractivity contribution in [3.63, 3.8) is 0 Å². The number of rotatable bonds is 2. The Bertz CT molecular complexity index is 885. The summed E-state index contributed by atoms with van der Waals surface area (Å²) in [4.78, 5) is 11.3. The molecule has 1 aliphatic rings. The summed E-state index contributed by atoms with van der Waals surface area (Å²) in [5.41, 5.74) is 4.94. The Kier molecular flexibility index (Phi) is 2.85. The van der Waals surface area contributed by atoms with E-state index in [9.17, 15) is 10.1 Å². The normalized spacial score (nSPS) is 14.1. The molecule has 3 aromatic rings. The molecule has 0 unspecified atom stereocenters. The average molecular weight is 301 g/mol.